The van der Waals surface area contributed by atoms with Crippen LogP contribution in [0.3, 0.4) is 0 Å². The van der Waals surface area contributed by atoms with Gasteiger partial charge in [-0.25, -0.2) is 0 Å². The Morgan fingerprint density at radius 3 is 0.362 bits per heavy atom. The fourth-order valence-electron chi connectivity index (χ4n) is 14.3. The summed E-state index contributed by atoms with van der Waals surface area (Å²) in [5.41, 5.74) is 22.2. The standard InChI is InChI=1S/C98H73N7/c1-8-30-78(31-9-1)99(85-48-52-87(53-49-85)100(79-32-10-2-11-33-79)89-56-60-91(61-57-89)102(81-36-14-4-15-37-81)93-64-68-95(69-65-93)104(83-40-18-6-19-41-83)97-46-44-74-26-22-24-28-76(74)72-97)86-50-54-88(55-51-86)101(80-34-12-3-13-35-80)90-58-62-92(63-59-90)103(82-38-16-5-17-39-82)94-66-70-96(71-67-94)105(84-42-20-7-21-43-84)98-47-45-75-27-23-25-29-77(75)73-98/h1-73H. The molecule has 0 aliphatic carbocycles. The van der Waals surface area contributed by atoms with Gasteiger partial charge in [0.25, 0.3) is 0 Å². The molecule has 0 saturated carbocycles. The smallest absolute Gasteiger partial charge is 0.0468 e. The molecule has 0 aliphatic rings. The zero-order valence-electron chi connectivity index (χ0n) is 57.8. The summed E-state index contributed by atoms with van der Waals surface area (Å²) in [6.07, 6.45) is 0. The van der Waals surface area contributed by atoms with Crippen molar-refractivity contribution in [3.8, 4) is 0 Å². The largest absolute Gasteiger partial charge is 0.311 e. The first kappa shape index (κ1) is 64.3. The van der Waals surface area contributed by atoms with Crippen LogP contribution >= 0.6 is 0 Å². The highest BCUT2D eigenvalue weighted by molar-refractivity contribution is 5.93. The summed E-state index contributed by atoms with van der Waals surface area (Å²) in [6, 6.07) is 158. The Morgan fingerprint density at radius 1 is 0.0857 bits per heavy atom. The first-order chi connectivity index (χ1) is 52.1. The Morgan fingerprint density at radius 2 is 0.200 bits per heavy atom. The first-order valence-electron chi connectivity index (χ1n) is 35.6. The molecule has 7 heteroatoms. The third-order valence-electron chi connectivity index (χ3n) is 19.3. The maximum atomic E-state index is 2.33. The van der Waals surface area contributed by atoms with Crippen LogP contribution in [0.2, 0.25) is 0 Å². The van der Waals surface area contributed by atoms with Crippen LogP contribution in [-0.4, -0.2) is 0 Å². The average Bonchev–Trinajstić information content (AvgIpc) is 0.801. The lowest BCUT2D eigenvalue weighted by Gasteiger charge is -2.30. The van der Waals surface area contributed by atoms with Gasteiger partial charge in [-0.05, 0) is 276 Å². The minimum Gasteiger partial charge on any atom is -0.311 e. The van der Waals surface area contributed by atoms with E-state index >= 15 is 0 Å². The number of para-hydroxylation sites is 7. The quantitative estimate of drug-likeness (QED) is 0.0706. The van der Waals surface area contributed by atoms with Crippen molar-refractivity contribution >= 4 is 141 Å². The van der Waals surface area contributed by atoms with Crippen LogP contribution < -0.4 is 34.3 Å². The maximum Gasteiger partial charge on any atom is 0.0468 e. The summed E-state index contributed by atoms with van der Waals surface area (Å²) < 4.78 is 0. The highest BCUT2D eigenvalue weighted by Crippen LogP contribution is 2.47. The molecule has 0 aliphatic heterocycles. The van der Waals surface area contributed by atoms with Crippen LogP contribution in [0.4, 0.5) is 119 Å². The van der Waals surface area contributed by atoms with Crippen LogP contribution in [-0.2, 0) is 0 Å². The number of rotatable bonds is 21. The molecule has 0 radical (unpaired) electrons. The third kappa shape index (κ3) is 13.6. The predicted molar refractivity (Wildman–Crippen MR) is 444 cm³/mol. The summed E-state index contributed by atoms with van der Waals surface area (Å²) >= 11 is 0. The van der Waals surface area contributed by atoms with Gasteiger partial charge in [0.15, 0.2) is 0 Å². The highest BCUT2D eigenvalue weighted by atomic mass is 15.2. The molecule has 0 N–H and O–H groups in total. The lowest BCUT2D eigenvalue weighted by Crippen LogP contribution is -2.14. The molecule has 0 unspecified atom stereocenters. The van der Waals surface area contributed by atoms with Gasteiger partial charge >= 0.3 is 0 Å². The van der Waals surface area contributed by atoms with E-state index in [1.165, 1.54) is 21.5 Å². The minimum atomic E-state index is 1.03. The Bertz CT molecular complexity index is 5340. The fraction of sp³-hybridized carbons (Fsp3) is 0. The molecule has 7 nitrogen and oxygen atoms in total. The molecule has 0 spiro atoms. The normalized spacial score (nSPS) is 11.0. The fourth-order valence-corrected chi connectivity index (χ4v) is 14.3. The van der Waals surface area contributed by atoms with Crippen molar-refractivity contribution in [3.05, 3.63) is 443 Å². The molecular weight excluding hydrogens is 1280 g/mol. The molecule has 0 atom stereocenters. The van der Waals surface area contributed by atoms with Crippen LogP contribution in [0, 0.1) is 0 Å². The zero-order chi connectivity index (χ0) is 70.1. The Balaban J connectivity index is 0.658. The van der Waals surface area contributed by atoms with E-state index in [1.807, 2.05) is 0 Å². The molecule has 17 aromatic rings. The van der Waals surface area contributed by atoms with E-state index in [0.717, 1.165) is 119 Å². The van der Waals surface area contributed by atoms with E-state index in [9.17, 15) is 0 Å². The van der Waals surface area contributed by atoms with Crippen LogP contribution in [0.5, 0.6) is 0 Å². The van der Waals surface area contributed by atoms with E-state index in [4.69, 9.17) is 0 Å². The summed E-state index contributed by atoms with van der Waals surface area (Å²) in [6.45, 7) is 0. The Labute approximate surface area is 614 Å². The number of anilines is 21. The molecule has 17 rings (SSSR count). The summed E-state index contributed by atoms with van der Waals surface area (Å²) in [5.74, 6) is 0. The van der Waals surface area contributed by atoms with Crippen molar-refractivity contribution in [3.63, 3.8) is 0 Å². The Hall–Kier alpha value is -14.1. The molecule has 500 valence electrons. The second-order valence-corrected chi connectivity index (χ2v) is 25.9. The lowest BCUT2D eigenvalue weighted by molar-refractivity contribution is 1.23. The first-order valence-corrected chi connectivity index (χ1v) is 35.6. The van der Waals surface area contributed by atoms with E-state index < -0.39 is 0 Å². The lowest BCUT2D eigenvalue weighted by atomic mass is 10.1. The van der Waals surface area contributed by atoms with Gasteiger partial charge in [0, 0.05) is 119 Å². The average molecular weight is 1350 g/mol. The molecule has 0 bridgehead atoms. The van der Waals surface area contributed by atoms with Crippen LogP contribution in [0.1, 0.15) is 0 Å². The summed E-state index contributed by atoms with van der Waals surface area (Å²) in [4.78, 5) is 16.3. The van der Waals surface area contributed by atoms with Crippen molar-refractivity contribution < 1.29 is 0 Å². The second-order valence-electron chi connectivity index (χ2n) is 25.9. The summed E-state index contributed by atoms with van der Waals surface area (Å²) in [7, 11) is 0. The molecule has 0 amide bonds. The van der Waals surface area contributed by atoms with Gasteiger partial charge in [0.05, 0.1) is 0 Å². The second kappa shape index (κ2) is 29.6. The van der Waals surface area contributed by atoms with Crippen molar-refractivity contribution in [2.24, 2.45) is 0 Å². The minimum absolute atomic E-state index is 1.03. The summed E-state index contributed by atoms with van der Waals surface area (Å²) in [5, 5.41) is 4.83. The number of nitrogens with zero attached hydrogens (tertiary/aromatic N) is 7. The van der Waals surface area contributed by atoms with E-state index in [0.29, 0.717) is 0 Å². The number of benzene rings is 17. The highest BCUT2D eigenvalue weighted by Gasteiger charge is 2.23. The van der Waals surface area contributed by atoms with Gasteiger partial charge in [-0.1, -0.05) is 188 Å². The van der Waals surface area contributed by atoms with Crippen LogP contribution in [0.15, 0.2) is 443 Å². The number of hydrogen-bond donors (Lipinski definition) is 0. The molecule has 0 heterocycles. The van der Waals surface area contributed by atoms with E-state index in [2.05, 4.69) is 477 Å². The maximum absolute atomic E-state index is 2.33. The van der Waals surface area contributed by atoms with Gasteiger partial charge in [-0.3, -0.25) is 0 Å². The zero-order valence-corrected chi connectivity index (χ0v) is 57.8. The molecule has 0 aromatic heterocycles. The van der Waals surface area contributed by atoms with Crippen molar-refractivity contribution in [2.45, 2.75) is 0 Å². The van der Waals surface area contributed by atoms with Gasteiger partial charge in [0.2, 0.25) is 0 Å². The monoisotopic (exact) mass is 1350 g/mol. The molecule has 0 saturated heterocycles. The van der Waals surface area contributed by atoms with E-state index in [1.54, 1.807) is 0 Å². The predicted octanol–water partition coefficient (Wildman–Crippen LogP) is 28.3. The number of fused-ring (bicyclic) bond motifs is 2. The van der Waals surface area contributed by atoms with Crippen molar-refractivity contribution in [1.82, 2.24) is 0 Å². The number of hydrogen-bond acceptors (Lipinski definition) is 7. The van der Waals surface area contributed by atoms with Crippen molar-refractivity contribution in [1.29, 1.82) is 0 Å². The topological polar surface area (TPSA) is 22.7 Å². The molecule has 105 heavy (non-hydrogen) atoms. The molecular formula is C98H73N7. The van der Waals surface area contributed by atoms with Crippen molar-refractivity contribution in [2.75, 3.05) is 34.3 Å². The SMILES string of the molecule is c1ccc(N(c2ccc(N(c3ccccc3)c3ccc(N(c4ccccc4)c4ccc(N(c5ccccc5)c5ccc6ccccc6c5)cc4)cc3)cc2)c2ccc(N(c3ccccc3)c3ccc(N(c4ccccc4)c4ccc(N(c5ccccc5)c5ccc6ccccc6c5)cc4)cc3)cc2)cc1. The van der Waals surface area contributed by atoms with Gasteiger partial charge in [-0.2, -0.15) is 0 Å². The van der Waals surface area contributed by atoms with Gasteiger partial charge < -0.3 is 34.3 Å². The molecule has 17 aromatic carbocycles. The third-order valence-corrected chi connectivity index (χ3v) is 19.3. The molecule has 0 fully saturated rings. The van der Waals surface area contributed by atoms with E-state index in [-0.39, 0.29) is 0 Å². The van der Waals surface area contributed by atoms with Gasteiger partial charge in [0.1, 0.15) is 0 Å². The van der Waals surface area contributed by atoms with Gasteiger partial charge in [-0.15, -0.1) is 0 Å². The Kier molecular flexibility index (Phi) is 18.1. The van der Waals surface area contributed by atoms with Crippen LogP contribution in [0.25, 0.3) is 21.5 Å².